The Balaban J connectivity index is 3.71. The van der Waals surface area contributed by atoms with Gasteiger partial charge in [-0.3, -0.25) is 4.79 Å². The van der Waals surface area contributed by atoms with Crippen molar-refractivity contribution in [2.45, 2.75) is 13.3 Å². The van der Waals surface area contributed by atoms with Gasteiger partial charge >= 0.3 is 0 Å². The number of hydrogen-bond acceptors (Lipinski definition) is 2. The van der Waals surface area contributed by atoms with Crippen molar-refractivity contribution >= 4 is 17.5 Å². The van der Waals surface area contributed by atoms with Crippen LogP contribution in [0.5, 0.6) is 0 Å². The van der Waals surface area contributed by atoms with Crippen LogP contribution < -0.4 is 0 Å². The summed E-state index contributed by atoms with van der Waals surface area (Å²) in [6, 6.07) is 0. The molecule has 0 aliphatic heterocycles. The van der Waals surface area contributed by atoms with E-state index in [1.54, 1.807) is 6.26 Å². The van der Waals surface area contributed by atoms with Gasteiger partial charge in [-0.25, -0.2) is 8.78 Å². The molecule has 0 aromatic heterocycles. The lowest BCUT2D eigenvalue weighted by Crippen LogP contribution is -2.20. The number of carbonyl (C=O) groups excluding carboxylic acids is 1. The second-order valence-electron chi connectivity index (χ2n) is 2.06. The van der Waals surface area contributed by atoms with Gasteiger partial charge in [0.1, 0.15) is 0 Å². The molecule has 0 spiro atoms. The summed E-state index contributed by atoms with van der Waals surface area (Å²) < 4.78 is 23.3. The van der Waals surface area contributed by atoms with E-state index in [1.165, 1.54) is 18.7 Å². The normalized spacial score (nSPS) is 13.7. The van der Waals surface area contributed by atoms with Crippen molar-refractivity contribution in [1.29, 1.82) is 0 Å². The van der Waals surface area contributed by atoms with E-state index >= 15 is 0 Å². The number of carbonyl (C=O) groups is 1. The van der Waals surface area contributed by atoms with Gasteiger partial charge in [-0.1, -0.05) is 6.92 Å². The Labute approximate surface area is 63.2 Å². The zero-order valence-corrected chi connectivity index (χ0v) is 6.75. The Morgan fingerprint density at radius 2 is 2.10 bits per heavy atom. The van der Waals surface area contributed by atoms with Gasteiger partial charge in [0.05, 0.1) is 0 Å². The predicted octanol–water partition coefficient (Wildman–Crippen LogP) is 1.82. The van der Waals surface area contributed by atoms with Crippen LogP contribution in [0.15, 0.2) is 0 Å². The minimum Gasteiger partial charge on any atom is -0.293 e. The monoisotopic (exact) mass is 168 g/mol. The Bertz CT molecular complexity index is 116. The summed E-state index contributed by atoms with van der Waals surface area (Å²) in [5, 5.41) is 0. The summed E-state index contributed by atoms with van der Waals surface area (Å²) in [5.41, 5.74) is 0. The summed E-state index contributed by atoms with van der Waals surface area (Å²) in [4.78, 5) is 10.5. The molecular weight excluding hydrogens is 158 g/mol. The molecular formula is C6H10F2OS. The van der Waals surface area contributed by atoms with E-state index in [4.69, 9.17) is 0 Å². The molecule has 0 aliphatic rings. The first-order valence-electron chi connectivity index (χ1n) is 2.90. The summed E-state index contributed by atoms with van der Waals surface area (Å²) in [6.45, 7) is 1.52. The Hall–Kier alpha value is -0.120. The van der Waals surface area contributed by atoms with Gasteiger partial charge in [0, 0.05) is 11.7 Å². The summed E-state index contributed by atoms with van der Waals surface area (Å²) in [7, 11) is 0. The second kappa shape index (κ2) is 4.66. The number of halogens is 2. The van der Waals surface area contributed by atoms with E-state index < -0.39 is 18.1 Å². The third kappa shape index (κ3) is 3.15. The van der Waals surface area contributed by atoms with Crippen molar-refractivity contribution in [3.8, 4) is 0 Å². The maximum atomic E-state index is 11.6. The summed E-state index contributed by atoms with van der Waals surface area (Å²) in [6.07, 6.45) is -1.02. The molecule has 0 saturated heterocycles. The highest BCUT2D eigenvalue weighted by Crippen LogP contribution is 2.10. The molecule has 1 nitrogen and oxygen atoms in total. The maximum Gasteiger partial charge on any atom is 0.296 e. The van der Waals surface area contributed by atoms with Crippen LogP contribution in [0.3, 0.4) is 0 Å². The molecule has 0 heterocycles. The highest BCUT2D eigenvalue weighted by Gasteiger charge is 2.21. The quantitative estimate of drug-likeness (QED) is 0.637. The summed E-state index contributed by atoms with van der Waals surface area (Å²) >= 11 is 1.40. The predicted molar refractivity (Wildman–Crippen MR) is 38.6 cm³/mol. The summed E-state index contributed by atoms with van der Waals surface area (Å²) in [5.74, 6) is -0.993. The second-order valence-corrected chi connectivity index (χ2v) is 2.97. The molecule has 0 aliphatic carbocycles. The minimum atomic E-state index is -2.80. The van der Waals surface area contributed by atoms with Crippen LogP contribution in [0.2, 0.25) is 0 Å². The molecule has 60 valence electrons. The fourth-order valence-corrected chi connectivity index (χ4v) is 1.21. The lowest BCUT2D eigenvalue weighted by molar-refractivity contribution is -0.132. The minimum absolute atomic E-state index is 0.475. The van der Waals surface area contributed by atoms with Crippen molar-refractivity contribution in [1.82, 2.24) is 0 Å². The molecule has 0 amide bonds. The van der Waals surface area contributed by atoms with Crippen LogP contribution in [0.4, 0.5) is 8.78 Å². The van der Waals surface area contributed by atoms with Gasteiger partial charge in [-0.05, 0) is 6.26 Å². The highest BCUT2D eigenvalue weighted by atomic mass is 32.2. The fourth-order valence-electron chi connectivity index (χ4n) is 0.547. The molecule has 1 unspecified atom stereocenters. The maximum absolute atomic E-state index is 11.6. The Morgan fingerprint density at radius 1 is 1.60 bits per heavy atom. The van der Waals surface area contributed by atoms with E-state index in [0.717, 1.165) is 0 Å². The first kappa shape index (κ1) is 9.88. The van der Waals surface area contributed by atoms with Gasteiger partial charge in [0.15, 0.2) is 0 Å². The van der Waals surface area contributed by atoms with Gasteiger partial charge in [-0.2, -0.15) is 11.8 Å². The van der Waals surface area contributed by atoms with E-state index in [2.05, 4.69) is 0 Å². The molecule has 0 rings (SSSR count). The number of alkyl halides is 2. The molecule has 0 fully saturated rings. The Kier molecular flexibility index (Phi) is 4.60. The first-order chi connectivity index (χ1) is 4.59. The average Bonchev–Trinajstić information content (AvgIpc) is 1.87. The van der Waals surface area contributed by atoms with Crippen molar-refractivity contribution in [3.05, 3.63) is 0 Å². The molecule has 0 N–H and O–H groups in total. The Morgan fingerprint density at radius 3 is 2.40 bits per heavy atom. The average molecular weight is 168 g/mol. The van der Waals surface area contributed by atoms with Crippen LogP contribution in [0.1, 0.15) is 6.92 Å². The number of Topliss-reactive ketones (excluding diaryl/α,β-unsaturated/α-hetero) is 1. The van der Waals surface area contributed by atoms with Crippen LogP contribution in [-0.4, -0.2) is 24.2 Å². The van der Waals surface area contributed by atoms with Crippen LogP contribution in [0.25, 0.3) is 0 Å². The van der Waals surface area contributed by atoms with Gasteiger partial charge in [-0.15, -0.1) is 0 Å². The molecule has 0 bridgehead atoms. The SMILES string of the molecule is CSCC(C)C(=O)C(F)F. The number of hydrogen-bond donors (Lipinski definition) is 0. The lowest BCUT2D eigenvalue weighted by Gasteiger charge is -2.05. The fraction of sp³-hybridized carbons (Fsp3) is 0.833. The molecule has 1 atom stereocenters. The molecule has 0 saturated carbocycles. The van der Waals surface area contributed by atoms with Crippen molar-refractivity contribution < 1.29 is 13.6 Å². The largest absolute Gasteiger partial charge is 0.296 e. The van der Waals surface area contributed by atoms with Gasteiger partial charge < -0.3 is 0 Å². The van der Waals surface area contributed by atoms with Gasteiger partial charge in [0.25, 0.3) is 6.43 Å². The molecule has 0 aromatic carbocycles. The zero-order valence-electron chi connectivity index (χ0n) is 5.93. The van der Waals surface area contributed by atoms with Crippen molar-refractivity contribution in [3.63, 3.8) is 0 Å². The zero-order chi connectivity index (χ0) is 8.15. The third-order valence-corrected chi connectivity index (χ3v) is 1.95. The molecule has 10 heavy (non-hydrogen) atoms. The standard InChI is InChI=1S/C6H10F2OS/c1-4(3-10-2)5(9)6(7)8/h4,6H,3H2,1-2H3. The molecule has 0 aromatic rings. The number of rotatable bonds is 4. The lowest BCUT2D eigenvalue weighted by atomic mass is 10.1. The van der Waals surface area contributed by atoms with Crippen LogP contribution in [0, 0.1) is 5.92 Å². The van der Waals surface area contributed by atoms with Crippen LogP contribution in [-0.2, 0) is 4.79 Å². The van der Waals surface area contributed by atoms with E-state index in [1.807, 2.05) is 0 Å². The van der Waals surface area contributed by atoms with Gasteiger partial charge in [0.2, 0.25) is 5.78 Å². The third-order valence-electron chi connectivity index (χ3n) is 1.12. The van der Waals surface area contributed by atoms with E-state index in [9.17, 15) is 13.6 Å². The van der Waals surface area contributed by atoms with Crippen molar-refractivity contribution in [2.75, 3.05) is 12.0 Å². The molecule has 0 radical (unpaired) electrons. The van der Waals surface area contributed by atoms with Crippen LogP contribution >= 0.6 is 11.8 Å². The first-order valence-corrected chi connectivity index (χ1v) is 4.29. The smallest absolute Gasteiger partial charge is 0.293 e. The molecule has 4 heteroatoms. The number of ketones is 1. The topological polar surface area (TPSA) is 17.1 Å². The number of thioether (sulfide) groups is 1. The van der Waals surface area contributed by atoms with E-state index in [-0.39, 0.29) is 0 Å². The van der Waals surface area contributed by atoms with Crippen molar-refractivity contribution in [2.24, 2.45) is 5.92 Å². The highest BCUT2D eigenvalue weighted by molar-refractivity contribution is 7.98. The van der Waals surface area contributed by atoms with E-state index in [0.29, 0.717) is 5.75 Å².